The number of halogens is 1. The van der Waals surface area contributed by atoms with Gasteiger partial charge in [-0.2, -0.15) is 4.98 Å². The molecule has 5 heteroatoms. The van der Waals surface area contributed by atoms with E-state index in [1.54, 1.807) is 6.20 Å². The number of aromatic amines is 1. The lowest BCUT2D eigenvalue weighted by Crippen LogP contribution is -1.84. The van der Waals surface area contributed by atoms with Crippen molar-refractivity contribution < 1.29 is 0 Å². The van der Waals surface area contributed by atoms with Crippen LogP contribution in [0.2, 0.25) is 5.28 Å². The van der Waals surface area contributed by atoms with Crippen molar-refractivity contribution in [1.82, 2.24) is 19.9 Å². The van der Waals surface area contributed by atoms with Gasteiger partial charge in [-0.1, -0.05) is 6.92 Å². The Bertz CT molecular complexity index is 423. The number of aryl methyl sites for hydroxylation is 1. The van der Waals surface area contributed by atoms with Crippen molar-refractivity contribution in [1.29, 1.82) is 0 Å². The number of hydrogen-bond donors (Lipinski definition) is 1. The Morgan fingerprint density at radius 3 is 3.08 bits per heavy atom. The monoisotopic (exact) mass is 196 g/mol. The predicted octanol–water partition coefficient (Wildman–Crippen LogP) is 1.96. The lowest BCUT2D eigenvalue weighted by Gasteiger charge is -1.87. The summed E-state index contributed by atoms with van der Waals surface area (Å²) in [6.45, 7) is 2.10. The summed E-state index contributed by atoms with van der Waals surface area (Å²) in [5.41, 5.74) is 1.48. The van der Waals surface area contributed by atoms with Crippen LogP contribution in [0.25, 0.3) is 11.2 Å². The largest absolute Gasteiger partial charge is 0.326 e. The second-order valence-corrected chi connectivity index (χ2v) is 3.14. The molecular weight excluding hydrogens is 188 g/mol. The SMILES string of the molecule is CCCc1nc2cnc(Cl)nc2[nH]1. The molecule has 0 aromatic carbocycles. The standard InChI is InChI=1S/C8H9ClN4/c1-2-3-6-11-5-4-10-8(9)13-7(5)12-6/h4H,2-3H2,1H3,(H,10,11,12,13). The van der Waals surface area contributed by atoms with E-state index in [1.807, 2.05) is 0 Å². The van der Waals surface area contributed by atoms with Crippen molar-refractivity contribution in [3.63, 3.8) is 0 Å². The molecule has 1 N–H and O–H groups in total. The van der Waals surface area contributed by atoms with Gasteiger partial charge in [-0.05, 0) is 18.0 Å². The molecule has 0 bridgehead atoms. The van der Waals surface area contributed by atoms with Crippen molar-refractivity contribution in [2.45, 2.75) is 19.8 Å². The Morgan fingerprint density at radius 1 is 1.46 bits per heavy atom. The third kappa shape index (κ3) is 1.62. The van der Waals surface area contributed by atoms with E-state index < -0.39 is 0 Å². The molecule has 0 amide bonds. The molecule has 13 heavy (non-hydrogen) atoms. The summed E-state index contributed by atoms with van der Waals surface area (Å²) < 4.78 is 0. The third-order valence-electron chi connectivity index (χ3n) is 1.74. The number of imidazole rings is 1. The van der Waals surface area contributed by atoms with Gasteiger partial charge in [0.05, 0.1) is 6.20 Å². The molecular formula is C8H9ClN4. The maximum absolute atomic E-state index is 5.63. The minimum atomic E-state index is 0.249. The minimum Gasteiger partial charge on any atom is -0.326 e. The first-order valence-corrected chi connectivity index (χ1v) is 4.54. The normalized spacial score (nSPS) is 10.9. The van der Waals surface area contributed by atoms with E-state index in [0.29, 0.717) is 5.65 Å². The average molecular weight is 197 g/mol. The number of H-pyrrole nitrogens is 1. The van der Waals surface area contributed by atoms with Crippen molar-refractivity contribution >= 4 is 22.8 Å². The Hall–Kier alpha value is -1.16. The highest BCUT2D eigenvalue weighted by atomic mass is 35.5. The summed E-state index contributed by atoms with van der Waals surface area (Å²) in [7, 11) is 0. The van der Waals surface area contributed by atoms with Crippen molar-refractivity contribution in [2.75, 3.05) is 0 Å². The highest BCUT2D eigenvalue weighted by molar-refractivity contribution is 6.28. The highest BCUT2D eigenvalue weighted by Crippen LogP contribution is 2.10. The van der Waals surface area contributed by atoms with E-state index in [1.165, 1.54) is 0 Å². The van der Waals surface area contributed by atoms with E-state index in [2.05, 4.69) is 26.9 Å². The second-order valence-electron chi connectivity index (χ2n) is 2.81. The minimum absolute atomic E-state index is 0.249. The van der Waals surface area contributed by atoms with E-state index in [0.717, 1.165) is 24.2 Å². The number of nitrogens with zero attached hydrogens (tertiary/aromatic N) is 3. The van der Waals surface area contributed by atoms with E-state index >= 15 is 0 Å². The van der Waals surface area contributed by atoms with Crippen LogP contribution < -0.4 is 0 Å². The first-order valence-electron chi connectivity index (χ1n) is 4.16. The average Bonchev–Trinajstić information content (AvgIpc) is 2.46. The summed E-state index contributed by atoms with van der Waals surface area (Å²) in [6.07, 6.45) is 3.61. The number of rotatable bonds is 2. The van der Waals surface area contributed by atoms with Crippen LogP contribution in [0.5, 0.6) is 0 Å². The third-order valence-corrected chi connectivity index (χ3v) is 1.93. The Kier molecular flexibility index (Phi) is 2.14. The fraction of sp³-hybridized carbons (Fsp3) is 0.375. The molecule has 0 aliphatic heterocycles. The van der Waals surface area contributed by atoms with Crippen LogP contribution in [-0.4, -0.2) is 19.9 Å². The van der Waals surface area contributed by atoms with Crippen molar-refractivity contribution in [2.24, 2.45) is 0 Å². The molecule has 2 heterocycles. The molecule has 0 fully saturated rings. The fourth-order valence-corrected chi connectivity index (χ4v) is 1.33. The van der Waals surface area contributed by atoms with Crippen LogP contribution in [0.4, 0.5) is 0 Å². The predicted molar refractivity (Wildman–Crippen MR) is 50.7 cm³/mol. The van der Waals surface area contributed by atoms with Gasteiger partial charge in [0.2, 0.25) is 5.28 Å². The van der Waals surface area contributed by atoms with Gasteiger partial charge in [0.15, 0.2) is 5.65 Å². The Balaban J connectivity index is 2.49. The fourth-order valence-electron chi connectivity index (χ4n) is 1.19. The van der Waals surface area contributed by atoms with Gasteiger partial charge in [0, 0.05) is 6.42 Å². The zero-order valence-corrected chi connectivity index (χ0v) is 7.97. The van der Waals surface area contributed by atoms with E-state index in [9.17, 15) is 0 Å². The lowest BCUT2D eigenvalue weighted by atomic mass is 10.3. The maximum Gasteiger partial charge on any atom is 0.224 e. The molecule has 2 aromatic heterocycles. The molecule has 0 unspecified atom stereocenters. The maximum atomic E-state index is 5.63. The smallest absolute Gasteiger partial charge is 0.224 e. The zero-order chi connectivity index (χ0) is 9.26. The van der Waals surface area contributed by atoms with Crippen LogP contribution in [0.3, 0.4) is 0 Å². The first kappa shape index (κ1) is 8.44. The van der Waals surface area contributed by atoms with Crippen molar-refractivity contribution in [3.05, 3.63) is 17.3 Å². The van der Waals surface area contributed by atoms with Crippen LogP contribution in [0, 0.1) is 0 Å². The van der Waals surface area contributed by atoms with Crippen molar-refractivity contribution in [3.8, 4) is 0 Å². The number of aromatic nitrogens is 4. The van der Waals surface area contributed by atoms with E-state index in [4.69, 9.17) is 11.6 Å². The molecule has 0 saturated heterocycles. The van der Waals surface area contributed by atoms with Crippen LogP contribution in [0.1, 0.15) is 19.2 Å². The second kappa shape index (κ2) is 3.30. The van der Waals surface area contributed by atoms with Crippen LogP contribution in [-0.2, 0) is 6.42 Å². The highest BCUT2D eigenvalue weighted by Gasteiger charge is 2.03. The molecule has 0 aliphatic carbocycles. The number of fused-ring (bicyclic) bond motifs is 1. The Morgan fingerprint density at radius 2 is 2.31 bits per heavy atom. The van der Waals surface area contributed by atoms with Gasteiger partial charge in [-0.3, -0.25) is 0 Å². The summed E-state index contributed by atoms with van der Waals surface area (Å²) >= 11 is 5.63. The molecule has 4 nitrogen and oxygen atoms in total. The first-order chi connectivity index (χ1) is 6.29. The topological polar surface area (TPSA) is 54.5 Å². The van der Waals surface area contributed by atoms with Gasteiger partial charge in [-0.25, -0.2) is 9.97 Å². The molecule has 2 aromatic rings. The molecule has 0 atom stereocenters. The Labute approximate surface area is 80.4 Å². The molecule has 68 valence electrons. The zero-order valence-electron chi connectivity index (χ0n) is 7.21. The van der Waals surface area contributed by atoms with Gasteiger partial charge >= 0.3 is 0 Å². The molecule has 0 spiro atoms. The summed E-state index contributed by atoms with van der Waals surface area (Å²) in [6, 6.07) is 0. The van der Waals surface area contributed by atoms with Gasteiger partial charge in [0.1, 0.15) is 11.3 Å². The molecule has 0 aliphatic rings. The molecule has 0 saturated carbocycles. The van der Waals surface area contributed by atoms with E-state index in [-0.39, 0.29) is 5.28 Å². The summed E-state index contributed by atoms with van der Waals surface area (Å²) in [5.74, 6) is 0.939. The van der Waals surface area contributed by atoms with Gasteiger partial charge in [0.25, 0.3) is 0 Å². The quantitative estimate of drug-likeness (QED) is 0.748. The molecule has 2 rings (SSSR count). The van der Waals surface area contributed by atoms with Crippen LogP contribution >= 0.6 is 11.6 Å². The number of hydrogen-bond acceptors (Lipinski definition) is 3. The van der Waals surface area contributed by atoms with Crippen LogP contribution in [0.15, 0.2) is 6.20 Å². The van der Waals surface area contributed by atoms with Gasteiger partial charge in [-0.15, -0.1) is 0 Å². The summed E-state index contributed by atoms with van der Waals surface area (Å²) in [5, 5.41) is 0.249. The number of nitrogens with one attached hydrogen (secondary N) is 1. The summed E-state index contributed by atoms with van der Waals surface area (Å²) in [4.78, 5) is 15.3. The lowest BCUT2D eigenvalue weighted by molar-refractivity contribution is 0.860. The molecule has 0 radical (unpaired) electrons. The van der Waals surface area contributed by atoms with Gasteiger partial charge < -0.3 is 4.98 Å².